The first kappa shape index (κ1) is 15.6. The molecule has 1 fully saturated rings. The van der Waals surface area contributed by atoms with Gasteiger partial charge in [-0.25, -0.2) is 0 Å². The van der Waals surface area contributed by atoms with Gasteiger partial charge in [0.2, 0.25) is 0 Å². The second kappa shape index (κ2) is 7.18. The lowest BCUT2D eigenvalue weighted by atomic mass is 10.0. The molecule has 1 rings (SSSR count). The number of nitrogens with one attached hydrogen (secondary N) is 1. The highest BCUT2D eigenvalue weighted by atomic mass is 32.2. The van der Waals surface area contributed by atoms with Crippen molar-refractivity contribution in [3.63, 3.8) is 0 Å². The number of hydrogen-bond acceptors (Lipinski definition) is 4. The van der Waals surface area contributed by atoms with Gasteiger partial charge < -0.3 is 4.74 Å². The van der Waals surface area contributed by atoms with E-state index < -0.39 is 10.2 Å². The molecule has 1 heterocycles. The van der Waals surface area contributed by atoms with Crippen molar-refractivity contribution in [2.45, 2.75) is 38.6 Å². The summed E-state index contributed by atoms with van der Waals surface area (Å²) in [5, 5.41) is 0. The van der Waals surface area contributed by atoms with Crippen molar-refractivity contribution in [2.75, 3.05) is 26.8 Å². The highest BCUT2D eigenvalue weighted by Crippen LogP contribution is 2.22. The van der Waals surface area contributed by atoms with Crippen LogP contribution in [0.15, 0.2) is 0 Å². The largest absolute Gasteiger partial charge is 0.383 e. The number of rotatable bonds is 7. The van der Waals surface area contributed by atoms with Gasteiger partial charge in [-0.2, -0.15) is 17.4 Å². The molecule has 1 unspecified atom stereocenters. The van der Waals surface area contributed by atoms with Gasteiger partial charge in [0.05, 0.1) is 6.61 Å². The number of hydrogen-bond donors (Lipinski definition) is 1. The minimum absolute atomic E-state index is 0.0268. The Labute approximate surface area is 109 Å². The molecule has 7 heteroatoms. The quantitative estimate of drug-likeness (QED) is 0.680. The summed E-state index contributed by atoms with van der Waals surface area (Å²) in [4.78, 5) is 11.2. The fourth-order valence-electron chi connectivity index (χ4n) is 2.18. The first-order chi connectivity index (χ1) is 8.47. The summed E-state index contributed by atoms with van der Waals surface area (Å²) >= 11 is 0. The lowest BCUT2D eigenvalue weighted by Gasteiger charge is -2.34. The Morgan fingerprint density at radius 3 is 2.78 bits per heavy atom. The van der Waals surface area contributed by atoms with Gasteiger partial charge in [-0.05, 0) is 19.8 Å². The van der Waals surface area contributed by atoms with Crippen LogP contribution in [0.5, 0.6) is 0 Å². The minimum Gasteiger partial charge on any atom is -0.383 e. The molecule has 0 bridgehead atoms. The van der Waals surface area contributed by atoms with Crippen LogP contribution in [0, 0.1) is 0 Å². The predicted octanol–water partition coefficient (Wildman–Crippen LogP) is 0.301. The van der Waals surface area contributed by atoms with Crippen LogP contribution < -0.4 is 4.72 Å². The van der Waals surface area contributed by atoms with E-state index in [9.17, 15) is 13.2 Å². The third-order valence-electron chi connectivity index (χ3n) is 3.00. The summed E-state index contributed by atoms with van der Waals surface area (Å²) in [7, 11) is -1.98. The summed E-state index contributed by atoms with van der Waals surface area (Å²) in [6.07, 6.45) is 2.87. The van der Waals surface area contributed by atoms with E-state index in [1.54, 1.807) is 0 Å². The van der Waals surface area contributed by atoms with Crippen LogP contribution in [0.1, 0.15) is 32.6 Å². The van der Waals surface area contributed by atoms with Gasteiger partial charge in [-0.3, -0.25) is 4.79 Å². The zero-order valence-electron chi connectivity index (χ0n) is 11.0. The normalized spacial score (nSPS) is 22.0. The lowest BCUT2D eigenvalue weighted by Crippen LogP contribution is -2.50. The summed E-state index contributed by atoms with van der Waals surface area (Å²) < 4.78 is 32.9. The maximum Gasteiger partial charge on any atom is 0.279 e. The number of Topliss-reactive ketones (excluding diaryl/α,β-unsaturated/α-hetero) is 1. The number of methoxy groups -OCH3 is 1. The molecule has 0 aliphatic carbocycles. The highest BCUT2D eigenvalue weighted by Gasteiger charge is 2.32. The number of carbonyl (C=O) groups is 1. The summed E-state index contributed by atoms with van der Waals surface area (Å²) in [5.41, 5.74) is 0. The van der Waals surface area contributed by atoms with Crippen LogP contribution in [0.4, 0.5) is 0 Å². The lowest BCUT2D eigenvalue weighted by molar-refractivity contribution is -0.118. The summed E-state index contributed by atoms with van der Waals surface area (Å²) in [6, 6.07) is -0.198. The molecular formula is C11H22N2O4S. The highest BCUT2D eigenvalue weighted by molar-refractivity contribution is 7.87. The van der Waals surface area contributed by atoms with Gasteiger partial charge in [0, 0.05) is 32.7 Å². The van der Waals surface area contributed by atoms with Crippen molar-refractivity contribution in [3.8, 4) is 0 Å². The molecule has 6 nitrogen and oxygen atoms in total. The molecule has 0 radical (unpaired) electrons. The Kier molecular flexibility index (Phi) is 6.20. The van der Waals surface area contributed by atoms with E-state index >= 15 is 0 Å². The van der Waals surface area contributed by atoms with Crippen molar-refractivity contribution in [2.24, 2.45) is 0 Å². The van der Waals surface area contributed by atoms with Gasteiger partial charge in [0.15, 0.2) is 0 Å². The van der Waals surface area contributed by atoms with Gasteiger partial charge in [0.1, 0.15) is 5.78 Å². The van der Waals surface area contributed by atoms with Crippen molar-refractivity contribution < 1.29 is 17.9 Å². The average molecular weight is 278 g/mol. The number of nitrogens with zero attached hydrogens (tertiary/aromatic N) is 1. The number of ketones is 1. The van der Waals surface area contributed by atoms with E-state index in [0.717, 1.165) is 19.3 Å². The fraction of sp³-hybridized carbons (Fsp3) is 0.909. The molecule has 0 spiro atoms. The van der Waals surface area contributed by atoms with Crippen LogP contribution >= 0.6 is 0 Å². The van der Waals surface area contributed by atoms with E-state index in [4.69, 9.17) is 4.74 Å². The van der Waals surface area contributed by atoms with Crippen LogP contribution in [0.3, 0.4) is 0 Å². The maximum absolute atomic E-state index is 12.1. The Bertz CT molecular complexity index is 369. The van der Waals surface area contributed by atoms with E-state index in [0.29, 0.717) is 19.6 Å². The number of piperidine rings is 1. The SMILES string of the molecule is COCCNS(=O)(=O)N1CCCCC1CC(C)=O. The average Bonchev–Trinajstić information content (AvgIpc) is 2.29. The van der Waals surface area contributed by atoms with Gasteiger partial charge in [-0.15, -0.1) is 0 Å². The molecule has 1 aliphatic heterocycles. The Hall–Kier alpha value is -0.500. The second-order valence-corrected chi connectivity index (χ2v) is 6.27. The zero-order valence-corrected chi connectivity index (χ0v) is 11.8. The monoisotopic (exact) mass is 278 g/mol. The van der Waals surface area contributed by atoms with Crippen molar-refractivity contribution in [1.82, 2.24) is 9.03 Å². The second-order valence-electron chi connectivity index (χ2n) is 4.56. The fourth-order valence-corrected chi connectivity index (χ4v) is 3.63. The van der Waals surface area contributed by atoms with E-state index in [1.165, 1.54) is 18.3 Å². The van der Waals surface area contributed by atoms with Crippen molar-refractivity contribution in [3.05, 3.63) is 0 Å². The van der Waals surface area contributed by atoms with E-state index in [1.807, 2.05) is 0 Å². The number of ether oxygens (including phenoxy) is 1. The van der Waals surface area contributed by atoms with Crippen LogP contribution in [-0.2, 0) is 19.7 Å². The Morgan fingerprint density at radius 2 is 2.17 bits per heavy atom. The standard InChI is InChI=1S/C11H22N2O4S/c1-10(14)9-11-5-3-4-7-13(11)18(15,16)12-6-8-17-2/h11-12H,3-9H2,1-2H3. The van der Waals surface area contributed by atoms with Gasteiger partial charge in [0.25, 0.3) is 10.2 Å². The smallest absolute Gasteiger partial charge is 0.279 e. The van der Waals surface area contributed by atoms with Gasteiger partial charge >= 0.3 is 0 Å². The molecule has 0 aromatic rings. The molecule has 0 amide bonds. The van der Waals surface area contributed by atoms with Crippen LogP contribution in [0.2, 0.25) is 0 Å². The molecule has 0 aromatic carbocycles. The van der Waals surface area contributed by atoms with Crippen LogP contribution in [-0.4, -0.2) is 51.4 Å². The summed E-state index contributed by atoms with van der Waals surface area (Å²) in [5.74, 6) is 0.0268. The molecule has 1 N–H and O–H groups in total. The molecule has 1 saturated heterocycles. The first-order valence-corrected chi connectivity index (χ1v) is 7.66. The Balaban J connectivity index is 2.66. The van der Waals surface area contributed by atoms with Crippen molar-refractivity contribution >= 4 is 16.0 Å². The molecule has 18 heavy (non-hydrogen) atoms. The third-order valence-corrected chi connectivity index (χ3v) is 4.66. The summed E-state index contributed by atoms with van der Waals surface area (Å²) in [6.45, 7) is 2.57. The molecule has 1 atom stereocenters. The zero-order chi connectivity index (χ0) is 13.6. The van der Waals surface area contributed by atoms with Crippen LogP contribution in [0.25, 0.3) is 0 Å². The third kappa shape index (κ3) is 4.64. The molecule has 0 saturated carbocycles. The Morgan fingerprint density at radius 1 is 1.44 bits per heavy atom. The van der Waals surface area contributed by atoms with Crippen molar-refractivity contribution in [1.29, 1.82) is 0 Å². The topological polar surface area (TPSA) is 75.7 Å². The number of carbonyl (C=O) groups excluding carboxylic acids is 1. The maximum atomic E-state index is 12.1. The molecule has 0 aromatic heterocycles. The molecule has 106 valence electrons. The first-order valence-electron chi connectivity index (χ1n) is 6.22. The van der Waals surface area contributed by atoms with E-state index in [-0.39, 0.29) is 18.4 Å². The molecule has 1 aliphatic rings. The van der Waals surface area contributed by atoms with Gasteiger partial charge in [-0.1, -0.05) is 6.42 Å². The predicted molar refractivity (Wildman–Crippen MR) is 68.4 cm³/mol. The minimum atomic E-state index is -3.50. The molecular weight excluding hydrogens is 256 g/mol. The van der Waals surface area contributed by atoms with E-state index in [2.05, 4.69) is 4.72 Å².